The maximum Gasteiger partial charge on any atom is 0.303 e. The van der Waals surface area contributed by atoms with Gasteiger partial charge in [0.2, 0.25) is 0 Å². The van der Waals surface area contributed by atoms with Gasteiger partial charge in [-0.15, -0.1) is 0 Å². The molecule has 138 valence electrons. The van der Waals surface area contributed by atoms with Gasteiger partial charge in [-0.25, -0.2) is 0 Å². The molecule has 4 rings (SSSR count). The summed E-state index contributed by atoms with van der Waals surface area (Å²) in [5.74, 6) is 3.26. The number of hydrogen-bond acceptors (Lipinski definition) is 2. The molecule has 0 unspecified atom stereocenters. The van der Waals surface area contributed by atoms with Crippen LogP contribution < -0.4 is 0 Å². The van der Waals surface area contributed by atoms with Crippen molar-refractivity contribution in [2.45, 2.75) is 78.1 Å². The average Bonchev–Trinajstić information content (AvgIpc) is 3.03. The number of rotatable bonds is 3. The van der Waals surface area contributed by atoms with E-state index < -0.39 is 5.97 Å². The molecule has 1 N–H and O–H groups in total. The van der Waals surface area contributed by atoms with E-state index >= 15 is 0 Å². The molecule has 1 aromatic rings. The predicted octanol–water partition coefficient (Wildman–Crippen LogP) is 5.64. The van der Waals surface area contributed by atoms with Crippen LogP contribution >= 0.6 is 0 Å². The smallest absolute Gasteiger partial charge is 0.303 e. The Bertz CT molecular complexity index is 662. The van der Waals surface area contributed by atoms with Crippen molar-refractivity contribution in [2.75, 3.05) is 0 Å². The molecule has 6 atom stereocenters. The molecule has 0 aliphatic heterocycles. The monoisotopic (exact) mass is 344 g/mol. The SMILES string of the molecule is C[C@H]1c2ccoc2C[C@H]2[C@H]1CC[C@H]1[C@@](C)(CCC(=O)O)CCC[C@]21C. The van der Waals surface area contributed by atoms with Gasteiger partial charge >= 0.3 is 5.97 Å². The van der Waals surface area contributed by atoms with Gasteiger partial charge in [-0.1, -0.05) is 27.2 Å². The minimum Gasteiger partial charge on any atom is -0.481 e. The van der Waals surface area contributed by atoms with Crippen LogP contribution in [-0.2, 0) is 11.2 Å². The standard InChI is InChI=1S/C22H32O3/c1-14-15-5-6-19-21(2,11-7-20(23)24)9-4-10-22(19,3)17(15)13-18-16(14)8-12-25-18/h8,12,14-15,17,19H,4-7,9-11,13H2,1-3H3,(H,23,24)/t14-,15+,17+,19+,21-,22-/m1/s1. The first-order valence-corrected chi connectivity index (χ1v) is 10.1. The first-order valence-electron chi connectivity index (χ1n) is 10.1. The van der Waals surface area contributed by atoms with Gasteiger partial charge in [0.25, 0.3) is 0 Å². The molecule has 3 nitrogen and oxygen atoms in total. The van der Waals surface area contributed by atoms with Crippen molar-refractivity contribution in [1.82, 2.24) is 0 Å². The largest absolute Gasteiger partial charge is 0.481 e. The highest BCUT2D eigenvalue weighted by atomic mass is 16.4. The number of carbonyl (C=O) groups is 1. The second-order valence-corrected chi connectivity index (χ2v) is 9.60. The van der Waals surface area contributed by atoms with E-state index in [4.69, 9.17) is 4.42 Å². The Kier molecular flexibility index (Phi) is 4.05. The summed E-state index contributed by atoms with van der Waals surface area (Å²) in [5, 5.41) is 9.21. The Hall–Kier alpha value is -1.25. The van der Waals surface area contributed by atoms with Gasteiger partial charge in [0.15, 0.2) is 0 Å². The van der Waals surface area contributed by atoms with Crippen molar-refractivity contribution in [3.63, 3.8) is 0 Å². The Balaban J connectivity index is 1.66. The van der Waals surface area contributed by atoms with Gasteiger partial charge in [-0.05, 0) is 78.2 Å². The van der Waals surface area contributed by atoms with Crippen LogP contribution in [0.4, 0.5) is 0 Å². The molecule has 1 heterocycles. The molecule has 0 spiro atoms. The fraction of sp³-hybridized carbons (Fsp3) is 0.773. The second-order valence-electron chi connectivity index (χ2n) is 9.60. The normalized spacial score (nSPS) is 43.0. The van der Waals surface area contributed by atoms with Gasteiger partial charge in [0.05, 0.1) is 6.26 Å². The minimum atomic E-state index is -0.645. The maximum absolute atomic E-state index is 11.2. The zero-order chi connectivity index (χ0) is 17.8. The fourth-order valence-electron chi connectivity index (χ4n) is 7.22. The average molecular weight is 344 g/mol. The van der Waals surface area contributed by atoms with Gasteiger partial charge in [-0.2, -0.15) is 0 Å². The summed E-state index contributed by atoms with van der Waals surface area (Å²) < 4.78 is 5.85. The number of carboxylic acid groups (broad SMARTS) is 1. The van der Waals surface area contributed by atoms with Crippen LogP contribution in [0.25, 0.3) is 0 Å². The fourth-order valence-corrected chi connectivity index (χ4v) is 7.22. The first kappa shape index (κ1) is 17.2. The Labute approximate surface area is 151 Å². The van der Waals surface area contributed by atoms with Gasteiger partial charge in [0.1, 0.15) is 5.76 Å². The Morgan fingerprint density at radius 3 is 2.88 bits per heavy atom. The highest BCUT2D eigenvalue weighted by Gasteiger charge is 2.57. The number of carboxylic acids is 1. The summed E-state index contributed by atoms with van der Waals surface area (Å²) in [5.41, 5.74) is 1.95. The third-order valence-electron chi connectivity index (χ3n) is 8.48. The van der Waals surface area contributed by atoms with Gasteiger partial charge < -0.3 is 9.52 Å². The summed E-state index contributed by atoms with van der Waals surface area (Å²) >= 11 is 0. The molecule has 3 heteroatoms. The molecule has 0 bridgehead atoms. The third kappa shape index (κ3) is 2.57. The van der Waals surface area contributed by atoms with Gasteiger partial charge in [0, 0.05) is 12.8 Å². The molecule has 3 aliphatic carbocycles. The van der Waals surface area contributed by atoms with Crippen LogP contribution in [0.1, 0.15) is 83.0 Å². The van der Waals surface area contributed by atoms with E-state index in [0.717, 1.165) is 18.8 Å². The number of furan rings is 1. The minimum absolute atomic E-state index is 0.184. The van der Waals surface area contributed by atoms with E-state index in [-0.39, 0.29) is 5.41 Å². The Morgan fingerprint density at radius 2 is 2.12 bits per heavy atom. The van der Waals surface area contributed by atoms with E-state index in [9.17, 15) is 9.90 Å². The van der Waals surface area contributed by atoms with Crippen molar-refractivity contribution >= 4 is 5.97 Å². The van der Waals surface area contributed by atoms with Crippen molar-refractivity contribution in [3.8, 4) is 0 Å². The lowest BCUT2D eigenvalue weighted by atomic mass is 9.43. The van der Waals surface area contributed by atoms with E-state index in [1.165, 1.54) is 43.4 Å². The molecule has 0 saturated heterocycles. The number of fused-ring (bicyclic) bond motifs is 4. The molecule has 2 fully saturated rings. The molecule has 2 saturated carbocycles. The van der Waals surface area contributed by atoms with Crippen LogP contribution in [0.15, 0.2) is 16.7 Å². The Morgan fingerprint density at radius 1 is 1.32 bits per heavy atom. The van der Waals surface area contributed by atoms with Crippen LogP contribution in [0.3, 0.4) is 0 Å². The van der Waals surface area contributed by atoms with E-state index in [2.05, 4.69) is 26.8 Å². The summed E-state index contributed by atoms with van der Waals surface area (Å²) in [6.45, 7) is 7.29. The van der Waals surface area contributed by atoms with E-state index in [1.54, 1.807) is 0 Å². The molecule has 0 amide bonds. The summed E-state index contributed by atoms with van der Waals surface area (Å²) in [4.78, 5) is 11.2. The lowest BCUT2D eigenvalue weighted by molar-refractivity contribution is -0.141. The summed E-state index contributed by atoms with van der Waals surface area (Å²) in [6, 6.07) is 2.18. The van der Waals surface area contributed by atoms with Crippen molar-refractivity contribution in [2.24, 2.45) is 28.6 Å². The lowest BCUT2D eigenvalue weighted by Gasteiger charge is -2.62. The van der Waals surface area contributed by atoms with Gasteiger partial charge in [-0.3, -0.25) is 4.79 Å². The van der Waals surface area contributed by atoms with Crippen molar-refractivity contribution < 1.29 is 14.3 Å². The van der Waals surface area contributed by atoms with E-state index in [1.807, 2.05) is 6.26 Å². The molecule has 0 radical (unpaired) electrons. The molecule has 3 aliphatic rings. The quantitative estimate of drug-likeness (QED) is 0.771. The van der Waals surface area contributed by atoms with Crippen LogP contribution in [0.2, 0.25) is 0 Å². The van der Waals surface area contributed by atoms with Crippen LogP contribution in [0, 0.1) is 28.6 Å². The summed E-state index contributed by atoms with van der Waals surface area (Å²) in [7, 11) is 0. The topological polar surface area (TPSA) is 50.4 Å². The molecule has 25 heavy (non-hydrogen) atoms. The first-order chi connectivity index (χ1) is 11.8. The zero-order valence-electron chi connectivity index (χ0n) is 15.9. The van der Waals surface area contributed by atoms with E-state index in [0.29, 0.717) is 29.6 Å². The molecular formula is C22H32O3. The van der Waals surface area contributed by atoms with Crippen molar-refractivity contribution in [1.29, 1.82) is 0 Å². The number of hydrogen-bond donors (Lipinski definition) is 1. The predicted molar refractivity (Wildman–Crippen MR) is 97.5 cm³/mol. The molecular weight excluding hydrogens is 312 g/mol. The molecule has 0 aromatic carbocycles. The molecule has 1 aromatic heterocycles. The lowest BCUT2D eigenvalue weighted by Crippen LogP contribution is -2.54. The second kappa shape index (κ2) is 5.89. The van der Waals surface area contributed by atoms with Crippen molar-refractivity contribution in [3.05, 3.63) is 23.7 Å². The maximum atomic E-state index is 11.2. The highest BCUT2D eigenvalue weighted by Crippen LogP contribution is 2.65. The van der Waals surface area contributed by atoms with Crippen LogP contribution in [-0.4, -0.2) is 11.1 Å². The zero-order valence-corrected chi connectivity index (χ0v) is 15.9. The summed E-state index contributed by atoms with van der Waals surface area (Å²) in [6.07, 6.45) is 10.4. The third-order valence-corrected chi connectivity index (χ3v) is 8.48. The number of aliphatic carboxylic acids is 1. The van der Waals surface area contributed by atoms with Crippen LogP contribution in [0.5, 0.6) is 0 Å². The highest BCUT2D eigenvalue weighted by molar-refractivity contribution is 5.66.